The van der Waals surface area contributed by atoms with Crippen LogP contribution in [0.15, 0.2) is 42.5 Å². The Bertz CT molecular complexity index is 757. The highest BCUT2D eigenvalue weighted by Gasteiger charge is 2.30. The van der Waals surface area contributed by atoms with Gasteiger partial charge in [-0.2, -0.15) is 0 Å². The molecule has 0 saturated carbocycles. The van der Waals surface area contributed by atoms with Crippen molar-refractivity contribution in [2.75, 3.05) is 6.54 Å². The third kappa shape index (κ3) is 4.46. The minimum absolute atomic E-state index is 0. The Balaban J connectivity index is 0.00000225. The first kappa shape index (κ1) is 19.1. The van der Waals surface area contributed by atoms with Crippen molar-refractivity contribution < 1.29 is 23.4 Å². The third-order valence-electron chi connectivity index (χ3n) is 4.09. The zero-order valence-corrected chi connectivity index (χ0v) is 14.1. The maximum Gasteiger partial charge on any atom is 0.320 e. The van der Waals surface area contributed by atoms with Gasteiger partial charge in [-0.1, -0.05) is 18.2 Å². The molecular weight excluding hydrogens is 352 g/mol. The summed E-state index contributed by atoms with van der Waals surface area (Å²) in [5.41, 5.74) is 0.654. The molecule has 1 aliphatic rings. The normalized spacial score (nSPS) is 17.1. The molecule has 2 aromatic rings. The van der Waals surface area contributed by atoms with Crippen LogP contribution in [-0.4, -0.2) is 28.6 Å². The van der Waals surface area contributed by atoms with Gasteiger partial charge in [0, 0.05) is 6.54 Å². The van der Waals surface area contributed by atoms with Gasteiger partial charge in [0.15, 0.2) is 23.1 Å². The van der Waals surface area contributed by atoms with Crippen molar-refractivity contribution >= 4 is 18.4 Å². The molecule has 1 saturated heterocycles. The van der Waals surface area contributed by atoms with Crippen molar-refractivity contribution in [3.8, 4) is 11.5 Å². The number of benzene rings is 2. The number of hydrogen-bond donors (Lipinski definition) is 1. The summed E-state index contributed by atoms with van der Waals surface area (Å²) in [6.07, 6.45) is 1.42. The van der Waals surface area contributed by atoms with Crippen molar-refractivity contribution in [2.24, 2.45) is 0 Å². The predicted octanol–water partition coefficient (Wildman–Crippen LogP) is 4.23. The van der Waals surface area contributed by atoms with Crippen LogP contribution in [0.3, 0.4) is 0 Å². The second kappa shape index (κ2) is 8.27. The van der Waals surface area contributed by atoms with Crippen LogP contribution < -0.4 is 4.74 Å². The molecule has 1 unspecified atom stereocenters. The smallest absolute Gasteiger partial charge is 0.320 e. The molecule has 25 heavy (non-hydrogen) atoms. The first-order valence-corrected chi connectivity index (χ1v) is 7.72. The molecule has 2 aromatic carbocycles. The molecule has 134 valence electrons. The second-order valence-electron chi connectivity index (χ2n) is 5.76. The SMILES string of the molecule is Cl.O=C(O)C1CCCN1Cc1ccc(Oc2ccccc2F)c(F)c1. The Hall–Kier alpha value is -2.18. The fourth-order valence-electron chi connectivity index (χ4n) is 2.90. The molecular formula is C18H18ClF2NO3. The zero-order valence-electron chi connectivity index (χ0n) is 13.3. The average Bonchev–Trinajstić information content (AvgIpc) is 3.00. The van der Waals surface area contributed by atoms with Crippen LogP contribution >= 0.6 is 12.4 Å². The molecule has 0 aliphatic carbocycles. The fourth-order valence-corrected chi connectivity index (χ4v) is 2.90. The topological polar surface area (TPSA) is 49.8 Å². The summed E-state index contributed by atoms with van der Waals surface area (Å²) in [5, 5.41) is 9.18. The van der Waals surface area contributed by atoms with E-state index in [4.69, 9.17) is 4.74 Å². The van der Waals surface area contributed by atoms with Gasteiger partial charge in [-0.15, -0.1) is 12.4 Å². The second-order valence-corrected chi connectivity index (χ2v) is 5.76. The van der Waals surface area contributed by atoms with Gasteiger partial charge >= 0.3 is 5.97 Å². The highest BCUT2D eigenvalue weighted by molar-refractivity contribution is 5.85. The number of carboxylic acid groups (broad SMARTS) is 1. The van der Waals surface area contributed by atoms with Crippen LogP contribution in [0.25, 0.3) is 0 Å². The van der Waals surface area contributed by atoms with Gasteiger partial charge in [-0.05, 0) is 49.2 Å². The van der Waals surface area contributed by atoms with Crippen LogP contribution in [0.1, 0.15) is 18.4 Å². The van der Waals surface area contributed by atoms with Gasteiger partial charge in [0.1, 0.15) is 6.04 Å². The molecule has 3 rings (SSSR count). The van der Waals surface area contributed by atoms with E-state index in [1.54, 1.807) is 12.1 Å². The monoisotopic (exact) mass is 369 g/mol. The van der Waals surface area contributed by atoms with E-state index in [0.29, 0.717) is 25.1 Å². The Kier molecular flexibility index (Phi) is 6.33. The van der Waals surface area contributed by atoms with Crippen molar-refractivity contribution in [1.29, 1.82) is 0 Å². The Labute approximate surface area is 150 Å². The molecule has 1 atom stereocenters. The molecule has 1 N–H and O–H groups in total. The lowest BCUT2D eigenvalue weighted by Crippen LogP contribution is -2.35. The average molecular weight is 370 g/mol. The van der Waals surface area contributed by atoms with Gasteiger partial charge in [-0.25, -0.2) is 8.78 Å². The van der Waals surface area contributed by atoms with Gasteiger partial charge in [0.25, 0.3) is 0 Å². The molecule has 1 heterocycles. The van der Waals surface area contributed by atoms with E-state index in [1.165, 1.54) is 30.3 Å². The number of carboxylic acids is 1. The van der Waals surface area contributed by atoms with Crippen molar-refractivity contribution in [2.45, 2.75) is 25.4 Å². The molecule has 0 radical (unpaired) electrons. The van der Waals surface area contributed by atoms with Gasteiger partial charge in [0.2, 0.25) is 0 Å². The van der Waals surface area contributed by atoms with E-state index in [0.717, 1.165) is 6.42 Å². The Morgan fingerprint density at radius 2 is 1.88 bits per heavy atom. The molecule has 0 bridgehead atoms. The maximum atomic E-state index is 14.2. The summed E-state index contributed by atoms with van der Waals surface area (Å²) >= 11 is 0. The molecule has 7 heteroatoms. The Morgan fingerprint density at radius 3 is 2.56 bits per heavy atom. The van der Waals surface area contributed by atoms with Gasteiger partial charge in [-0.3, -0.25) is 9.69 Å². The van der Waals surface area contributed by atoms with Crippen LogP contribution in [0.2, 0.25) is 0 Å². The van der Waals surface area contributed by atoms with Crippen LogP contribution in [0.5, 0.6) is 11.5 Å². The largest absolute Gasteiger partial charge is 0.480 e. The summed E-state index contributed by atoms with van der Waals surface area (Å²) in [7, 11) is 0. The highest BCUT2D eigenvalue weighted by Crippen LogP contribution is 2.28. The van der Waals surface area contributed by atoms with E-state index in [-0.39, 0.29) is 23.9 Å². The lowest BCUT2D eigenvalue weighted by Gasteiger charge is -2.21. The molecule has 4 nitrogen and oxygen atoms in total. The van der Waals surface area contributed by atoms with Crippen LogP contribution in [0.4, 0.5) is 8.78 Å². The van der Waals surface area contributed by atoms with Crippen molar-refractivity contribution in [1.82, 2.24) is 4.90 Å². The summed E-state index contributed by atoms with van der Waals surface area (Å²) in [4.78, 5) is 13.0. The number of para-hydroxylation sites is 1. The quantitative estimate of drug-likeness (QED) is 0.857. The third-order valence-corrected chi connectivity index (χ3v) is 4.09. The number of halogens is 3. The summed E-state index contributed by atoms with van der Waals surface area (Å²) in [6, 6.07) is 9.65. The maximum absolute atomic E-state index is 14.2. The fraction of sp³-hybridized carbons (Fsp3) is 0.278. The highest BCUT2D eigenvalue weighted by atomic mass is 35.5. The number of rotatable bonds is 5. The van der Waals surface area contributed by atoms with E-state index >= 15 is 0 Å². The standard InChI is InChI=1S/C18H17F2NO3.ClH/c19-13-4-1-2-6-16(13)24-17-8-7-12(10-14(17)20)11-21-9-3-5-15(21)18(22)23;/h1-2,4,6-8,10,15H,3,5,9,11H2,(H,22,23);1H. The number of ether oxygens (including phenoxy) is 1. The van der Waals surface area contributed by atoms with Gasteiger partial charge in [0.05, 0.1) is 0 Å². The molecule has 1 aliphatic heterocycles. The number of likely N-dealkylation sites (tertiary alicyclic amines) is 1. The zero-order chi connectivity index (χ0) is 17.1. The van der Waals surface area contributed by atoms with E-state index < -0.39 is 23.6 Å². The molecule has 1 fully saturated rings. The van der Waals surface area contributed by atoms with Crippen LogP contribution in [0, 0.1) is 11.6 Å². The number of aliphatic carboxylic acids is 1. The van der Waals surface area contributed by atoms with Gasteiger partial charge < -0.3 is 9.84 Å². The van der Waals surface area contributed by atoms with E-state index in [2.05, 4.69) is 0 Å². The minimum atomic E-state index is -0.854. The number of carbonyl (C=O) groups is 1. The first-order valence-electron chi connectivity index (χ1n) is 7.72. The minimum Gasteiger partial charge on any atom is -0.480 e. The summed E-state index contributed by atoms with van der Waals surface area (Å²) in [6.45, 7) is 1.03. The van der Waals surface area contributed by atoms with E-state index in [9.17, 15) is 18.7 Å². The molecule has 0 aromatic heterocycles. The van der Waals surface area contributed by atoms with Crippen molar-refractivity contribution in [3.05, 3.63) is 59.7 Å². The lowest BCUT2D eigenvalue weighted by molar-refractivity contribution is -0.142. The Morgan fingerprint density at radius 1 is 1.16 bits per heavy atom. The summed E-state index contributed by atoms with van der Waals surface area (Å²) in [5.74, 6) is -2.15. The predicted molar refractivity (Wildman–Crippen MR) is 91.2 cm³/mol. The molecule has 0 amide bonds. The molecule has 0 spiro atoms. The first-order chi connectivity index (χ1) is 11.5. The van der Waals surface area contributed by atoms with E-state index in [1.807, 2.05) is 4.90 Å². The lowest BCUT2D eigenvalue weighted by atomic mass is 10.1. The number of hydrogen-bond acceptors (Lipinski definition) is 3. The van der Waals surface area contributed by atoms with Crippen LogP contribution in [-0.2, 0) is 11.3 Å². The summed E-state index contributed by atoms with van der Waals surface area (Å²) < 4.78 is 33.0. The van der Waals surface area contributed by atoms with Crippen molar-refractivity contribution in [3.63, 3.8) is 0 Å². The number of nitrogens with zero attached hydrogens (tertiary/aromatic N) is 1.